The van der Waals surface area contributed by atoms with Crippen molar-refractivity contribution in [1.82, 2.24) is 0 Å². The summed E-state index contributed by atoms with van der Waals surface area (Å²) in [4.78, 5) is -0.347. The second kappa shape index (κ2) is 25.3. The lowest BCUT2D eigenvalue weighted by atomic mass is 10.1. The number of methoxy groups -OCH3 is 3. The molecule has 0 aliphatic rings. The molecule has 0 spiro atoms. The van der Waals surface area contributed by atoms with E-state index in [0.717, 1.165) is 28.1 Å². The van der Waals surface area contributed by atoms with Gasteiger partial charge in [0.05, 0.1) is 50.7 Å². The zero-order valence-electron chi connectivity index (χ0n) is 38.4. The van der Waals surface area contributed by atoms with Gasteiger partial charge < -0.3 is 29.7 Å². The number of azo groups is 4. The van der Waals surface area contributed by atoms with Crippen LogP contribution in [0, 0.1) is 13.8 Å². The largest absolute Gasteiger partial charge is 0.505 e. The molecule has 7 aromatic carbocycles. The van der Waals surface area contributed by atoms with E-state index < -0.39 is 37.9 Å². The van der Waals surface area contributed by atoms with E-state index in [-0.39, 0.29) is 22.0 Å². The molecular weight excluding hydrogens is 999 g/mol. The molecule has 23 nitrogen and oxygen atoms in total. The normalized spacial score (nSPS) is 11.3. The van der Waals surface area contributed by atoms with Crippen LogP contribution < -0.4 is 19.5 Å². The third-order valence-corrected chi connectivity index (χ3v) is 10.7. The number of aryl methyl sites for hydroxylation is 2. The first-order valence-corrected chi connectivity index (χ1v) is 23.8. The SMILES string of the molecule is COc1ccc(Nc2ccc3c(O)c(N=Nc4cc(CO)c(N=Nc5cc(C)c(N=Nc6ccc(N=Nc7ccccc7S(=O)(=O)O)c(C)c6)cc5OC)cc4OC)ccc3c2)cc1.O=S(=O)=O.O=S(=O)=O. The van der Waals surface area contributed by atoms with Crippen LogP contribution in [0.25, 0.3) is 10.8 Å². The Bertz CT molecular complexity index is 3560. The molecule has 0 aromatic heterocycles. The quantitative estimate of drug-likeness (QED) is 0.0548. The smallest absolute Gasteiger partial charge is 0.425 e. The Balaban J connectivity index is 0.00000112. The van der Waals surface area contributed by atoms with Gasteiger partial charge in [-0.15, -0.1) is 50.8 Å². The number of aliphatic hydroxyl groups excluding tert-OH is 1. The minimum atomic E-state index is -4.47. The van der Waals surface area contributed by atoms with Gasteiger partial charge in [-0.2, -0.15) is 23.8 Å². The van der Waals surface area contributed by atoms with Gasteiger partial charge in [-0.25, -0.2) is 0 Å². The number of aromatic hydroxyl groups is 1. The first-order valence-electron chi connectivity index (χ1n) is 20.4. The fourth-order valence-electron chi connectivity index (χ4n) is 6.38. The molecule has 0 amide bonds. The Morgan fingerprint density at radius 1 is 0.528 bits per heavy atom. The molecule has 0 radical (unpaired) electrons. The molecular formula is C46H41N9O14S3. The molecule has 0 atom stereocenters. The number of benzene rings is 7. The summed E-state index contributed by atoms with van der Waals surface area (Å²) in [6, 6.07) is 34.0. The number of ether oxygens (including phenoxy) is 3. The number of anilines is 2. The Labute approximate surface area is 413 Å². The minimum absolute atomic E-state index is 0.00105. The molecule has 72 heavy (non-hydrogen) atoms. The lowest BCUT2D eigenvalue weighted by Gasteiger charge is -2.11. The Hall–Kier alpha value is -8.69. The highest BCUT2D eigenvalue weighted by Crippen LogP contribution is 2.42. The number of hydrogen-bond donors (Lipinski definition) is 4. The second-order valence-electron chi connectivity index (χ2n) is 14.5. The summed E-state index contributed by atoms with van der Waals surface area (Å²) in [7, 11) is -6.12. The van der Waals surface area contributed by atoms with Crippen LogP contribution >= 0.6 is 0 Å². The maximum Gasteiger partial charge on any atom is 0.425 e. The van der Waals surface area contributed by atoms with Crippen LogP contribution in [0.1, 0.15) is 16.7 Å². The van der Waals surface area contributed by atoms with Crippen LogP contribution in [0.4, 0.5) is 56.9 Å². The van der Waals surface area contributed by atoms with Crippen molar-refractivity contribution in [1.29, 1.82) is 0 Å². The third kappa shape index (κ3) is 15.2. The number of nitrogens with zero attached hydrogens (tertiary/aromatic N) is 8. The van der Waals surface area contributed by atoms with Crippen LogP contribution in [-0.4, -0.2) is 69.8 Å². The van der Waals surface area contributed by atoms with Gasteiger partial charge in [0, 0.05) is 34.5 Å². The van der Waals surface area contributed by atoms with Crippen LogP contribution in [0.3, 0.4) is 0 Å². The number of aliphatic hydroxyl groups is 1. The van der Waals surface area contributed by atoms with Crippen LogP contribution in [0.5, 0.6) is 23.0 Å². The molecule has 0 saturated heterocycles. The molecule has 7 aromatic rings. The van der Waals surface area contributed by atoms with Crippen molar-refractivity contribution < 1.29 is 62.6 Å². The first-order chi connectivity index (χ1) is 34.3. The van der Waals surface area contributed by atoms with Gasteiger partial charge in [0.15, 0.2) is 5.75 Å². The van der Waals surface area contributed by atoms with Crippen molar-refractivity contribution in [3.63, 3.8) is 0 Å². The first kappa shape index (κ1) is 54.3. The highest BCUT2D eigenvalue weighted by atomic mass is 32.2. The van der Waals surface area contributed by atoms with Gasteiger partial charge in [0.1, 0.15) is 44.9 Å². The monoisotopic (exact) mass is 1040 g/mol. The number of hydrogen-bond acceptors (Lipinski definition) is 22. The predicted molar refractivity (Wildman–Crippen MR) is 262 cm³/mol. The zero-order valence-corrected chi connectivity index (χ0v) is 40.8. The second-order valence-corrected chi connectivity index (χ2v) is 16.7. The zero-order chi connectivity index (χ0) is 52.5. The van der Waals surface area contributed by atoms with Crippen LogP contribution in [0.15, 0.2) is 167 Å². The maximum absolute atomic E-state index is 11.7. The van der Waals surface area contributed by atoms with E-state index in [2.05, 4.69) is 46.2 Å². The van der Waals surface area contributed by atoms with Gasteiger partial charge in [0.2, 0.25) is 0 Å². The standard InChI is InChI=1S/C46H41N9O8S.2O3S/c1-27-20-33(14-19-36(27)49-50-37-8-6-7-9-45(37)64(58,59)60)48-52-39-24-43(62-4)41(21-28(39)2)54-53-40-25-44(63-5)42(23-30(40)26-56)55-51-38-18-10-29-22-32(13-17-35(29)46(38)57)47-31-11-15-34(61-3)16-12-31;2*1-4(2)3/h6-25,47,56-57H,26H2,1-5H3,(H,58,59,60);;. The number of phenols is 1. The summed E-state index contributed by atoms with van der Waals surface area (Å²) in [5, 5.41) is 60.7. The summed E-state index contributed by atoms with van der Waals surface area (Å²) in [5.74, 6) is 1.38. The Kier molecular flexibility index (Phi) is 19.0. The average molecular weight is 1040 g/mol. The highest BCUT2D eigenvalue weighted by Gasteiger charge is 2.16. The topological polar surface area (TPSA) is 336 Å². The summed E-state index contributed by atoms with van der Waals surface area (Å²) in [6.45, 7) is 3.23. The van der Waals surface area contributed by atoms with E-state index in [0.29, 0.717) is 62.1 Å². The van der Waals surface area contributed by atoms with Crippen molar-refractivity contribution >= 4 is 99.0 Å². The summed E-state index contributed by atoms with van der Waals surface area (Å²) in [6.07, 6.45) is 0. The maximum atomic E-state index is 11.7. The number of nitrogens with one attached hydrogen (secondary N) is 1. The molecule has 0 fully saturated rings. The molecule has 7 rings (SSSR count). The van der Waals surface area contributed by atoms with Crippen molar-refractivity contribution in [2.24, 2.45) is 40.9 Å². The fraction of sp³-hybridized carbons (Fsp3) is 0.130. The Morgan fingerprint density at radius 3 is 1.67 bits per heavy atom. The van der Waals surface area contributed by atoms with Gasteiger partial charge in [-0.05, 0) is 121 Å². The molecule has 0 aliphatic heterocycles. The molecule has 0 bridgehead atoms. The molecule has 0 aliphatic carbocycles. The van der Waals surface area contributed by atoms with E-state index in [4.69, 9.17) is 39.5 Å². The van der Waals surface area contributed by atoms with E-state index in [1.165, 1.54) is 32.4 Å². The van der Waals surface area contributed by atoms with Crippen molar-refractivity contribution in [2.45, 2.75) is 25.3 Å². The van der Waals surface area contributed by atoms with Crippen LogP contribution in [0.2, 0.25) is 0 Å². The summed E-state index contributed by atoms with van der Waals surface area (Å²) in [5.41, 5.74) is 6.27. The molecule has 4 N–H and O–H groups in total. The summed E-state index contributed by atoms with van der Waals surface area (Å²) < 4.78 is 100. The molecule has 26 heteroatoms. The minimum Gasteiger partial charge on any atom is -0.505 e. The highest BCUT2D eigenvalue weighted by molar-refractivity contribution is 7.86. The summed E-state index contributed by atoms with van der Waals surface area (Å²) >= 11 is 0. The predicted octanol–water partition coefficient (Wildman–Crippen LogP) is 11.3. The third-order valence-electron chi connectivity index (χ3n) is 9.79. The van der Waals surface area contributed by atoms with Gasteiger partial charge >= 0.3 is 21.2 Å². The Morgan fingerprint density at radius 2 is 1.06 bits per heavy atom. The van der Waals surface area contributed by atoms with E-state index in [1.54, 1.807) is 74.7 Å². The van der Waals surface area contributed by atoms with E-state index in [9.17, 15) is 23.2 Å². The number of rotatable bonds is 15. The van der Waals surface area contributed by atoms with Crippen LogP contribution in [-0.2, 0) is 37.9 Å². The fourth-order valence-corrected chi connectivity index (χ4v) is 7.01. The van der Waals surface area contributed by atoms with Crippen molar-refractivity contribution in [3.05, 3.63) is 138 Å². The van der Waals surface area contributed by atoms with Gasteiger partial charge in [0.25, 0.3) is 10.1 Å². The van der Waals surface area contributed by atoms with Gasteiger partial charge in [-0.3, -0.25) is 4.55 Å². The molecule has 0 heterocycles. The number of phenolic OH excluding ortho intramolecular Hbond substituents is 1. The number of fused-ring (bicyclic) bond motifs is 1. The molecule has 0 unspecified atom stereocenters. The molecule has 0 saturated carbocycles. The van der Waals surface area contributed by atoms with Gasteiger partial charge in [-0.1, -0.05) is 18.2 Å². The lowest BCUT2D eigenvalue weighted by molar-refractivity contribution is 0.282. The van der Waals surface area contributed by atoms with Crippen molar-refractivity contribution in [2.75, 3.05) is 26.6 Å². The molecule has 372 valence electrons. The van der Waals surface area contributed by atoms with Crippen molar-refractivity contribution in [3.8, 4) is 23.0 Å². The van der Waals surface area contributed by atoms with E-state index in [1.807, 2.05) is 49.4 Å². The average Bonchev–Trinajstić information content (AvgIpc) is 3.34. The lowest BCUT2D eigenvalue weighted by Crippen LogP contribution is -1.97. The van der Waals surface area contributed by atoms with E-state index >= 15 is 0 Å².